The first kappa shape index (κ1) is 16.6. The molecule has 0 aliphatic rings. The van der Waals surface area contributed by atoms with Crippen LogP contribution < -0.4 is 5.32 Å². The van der Waals surface area contributed by atoms with Gasteiger partial charge in [-0.1, -0.05) is 23.8 Å². The van der Waals surface area contributed by atoms with Gasteiger partial charge in [0.2, 0.25) is 5.78 Å². The van der Waals surface area contributed by atoms with Crippen LogP contribution in [-0.4, -0.2) is 11.7 Å². The zero-order valence-electron chi connectivity index (χ0n) is 13.5. The smallest absolute Gasteiger partial charge is 0.251 e. The number of aryl methyl sites for hydroxylation is 2. The number of ketones is 1. The van der Waals surface area contributed by atoms with Crippen molar-refractivity contribution in [2.45, 2.75) is 20.4 Å². The lowest BCUT2D eigenvalue weighted by atomic mass is 10.1. The summed E-state index contributed by atoms with van der Waals surface area (Å²) in [6.07, 6.45) is 0. The maximum absolute atomic E-state index is 12.3. The lowest BCUT2D eigenvalue weighted by Gasteiger charge is -2.07. The monoisotopic (exact) mass is 355 g/mol. The molecule has 0 aliphatic carbocycles. The maximum atomic E-state index is 12.3. The summed E-state index contributed by atoms with van der Waals surface area (Å²) in [6.45, 7) is 4.32. The van der Waals surface area contributed by atoms with Gasteiger partial charge >= 0.3 is 0 Å². The Morgan fingerprint density at radius 1 is 1.04 bits per heavy atom. The lowest BCUT2D eigenvalue weighted by molar-refractivity contribution is 0.0950. The highest BCUT2D eigenvalue weighted by atomic mass is 32.1. The molecule has 1 amide bonds. The number of hydrogen-bond acceptors (Lipinski definition) is 4. The molecule has 0 saturated heterocycles. The summed E-state index contributed by atoms with van der Waals surface area (Å²) in [5, 5.41) is 4.83. The second-order valence-electron chi connectivity index (χ2n) is 5.57. The molecule has 3 rings (SSSR count). The fourth-order valence-corrected chi connectivity index (χ4v) is 4.01. The maximum Gasteiger partial charge on any atom is 0.251 e. The third kappa shape index (κ3) is 3.63. The number of amides is 1. The van der Waals surface area contributed by atoms with Crippen LogP contribution in [0.4, 0.5) is 0 Å². The molecular formula is C19H17NO2S2. The summed E-state index contributed by atoms with van der Waals surface area (Å²) < 4.78 is 0. The van der Waals surface area contributed by atoms with Gasteiger partial charge in [-0.3, -0.25) is 9.59 Å². The Bertz CT molecular complexity index is 879. The zero-order chi connectivity index (χ0) is 17.1. The number of rotatable bonds is 5. The molecule has 3 nitrogen and oxygen atoms in total. The van der Waals surface area contributed by atoms with E-state index in [-0.39, 0.29) is 11.7 Å². The van der Waals surface area contributed by atoms with E-state index < -0.39 is 0 Å². The van der Waals surface area contributed by atoms with E-state index in [0.29, 0.717) is 17.0 Å². The molecule has 2 aromatic heterocycles. The molecule has 0 aliphatic heterocycles. The SMILES string of the molecule is Cc1ccc(C)c(C(=O)NCc2ccc(C(=O)c3cccs3)s2)c1. The van der Waals surface area contributed by atoms with Gasteiger partial charge in [-0.05, 0) is 49.1 Å². The summed E-state index contributed by atoms with van der Waals surface area (Å²) in [6, 6.07) is 13.3. The molecule has 0 spiro atoms. The van der Waals surface area contributed by atoms with Crippen molar-refractivity contribution in [1.82, 2.24) is 5.32 Å². The number of benzene rings is 1. The van der Waals surface area contributed by atoms with Gasteiger partial charge in [0.25, 0.3) is 5.91 Å². The van der Waals surface area contributed by atoms with E-state index in [1.807, 2.05) is 61.7 Å². The molecule has 2 heterocycles. The fraction of sp³-hybridized carbons (Fsp3) is 0.158. The number of thiophene rings is 2. The molecule has 0 saturated carbocycles. The molecule has 0 bridgehead atoms. The highest BCUT2D eigenvalue weighted by molar-refractivity contribution is 7.16. The van der Waals surface area contributed by atoms with Crippen molar-refractivity contribution >= 4 is 34.4 Å². The van der Waals surface area contributed by atoms with E-state index in [0.717, 1.165) is 20.9 Å². The van der Waals surface area contributed by atoms with Crippen LogP contribution in [0.1, 0.15) is 40.9 Å². The normalized spacial score (nSPS) is 10.6. The largest absolute Gasteiger partial charge is 0.347 e. The molecule has 24 heavy (non-hydrogen) atoms. The highest BCUT2D eigenvalue weighted by Gasteiger charge is 2.14. The molecule has 0 unspecified atom stereocenters. The molecule has 1 aromatic carbocycles. The minimum atomic E-state index is -0.0873. The molecule has 0 radical (unpaired) electrons. The van der Waals surface area contributed by atoms with Gasteiger partial charge in [0.1, 0.15) is 0 Å². The van der Waals surface area contributed by atoms with Crippen molar-refractivity contribution in [1.29, 1.82) is 0 Å². The Morgan fingerprint density at radius 3 is 2.62 bits per heavy atom. The van der Waals surface area contributed by atoms with E-state index in [2.05, 4.69) is 5.32 Å². The summed E-state index contributed by atoms with van der Waals surface area (Å²) >= 11 is 2.87. The Morgan fingerprint density at radius 2 is 1.88 bits per heavy atom. The predicted molar refractivity (Wildman–Crippen MR) is 99.2 cm³/mol. The second kappa shape index (κ2) is 7.11. The fourth-order valence-electron chi connectivity index (χ4n) is 2.37. The van der Waals surface area contributed by atoms with Gasteiger partial charge in [-0.25, -0.2) is 0 Å². The van der Waals surface area contributed by atoms with Crippen LogP contribution in [0.5, 0.6) is 0 Å². The number of hydrogen-bond donors (Lipinski definition) is 1. The van der Waals surface area contributed by atoms with Crippen LogP contribution >= 0.6 is 22.7 Å². The highest BCUT2D eigenvalue weighted by Crippen LogP contribution is 2.22. The van der Waals surface area contributed by atoms with E-state index in [4.69, 9.17) is 0 Å². The van der Waals surface area contributed by atoms with Crippen molar-refractivity contribution in [3.05, 3.63) is 79.2 Å². The van der Waals surface area contributed by atoms with Crippen molar-refractivity contribution in [2.24, 2.45) is 0 Å². The molecule has 0 atom stereocenters. The average molecular weight is 355 g/mol. The van der Waals surface area contributed by atoms with Crippen molar-refractivity contribution in [3.63, 3.8) is 0 Å². The topological polar surface area (TPSA) is 46.2 Å². The summed E-state index contributed by atoms with van der Waals surface area (Å²) in [5.74, 6) is -0.0437. The first-order valence-corrected chi connectivity index (χ1v) is 9.26. The Balaban J connectivity index is 1.66. The van der Waals surface area contributed by atoms with E-state index in [9.17, 15) is 9.59 Å². The molecule has 0 fully saturated rings. The van der Waals surface area contributed by atoms with E-state index in [1.54, 1.807) is 0 Å². The summed E-state index contributed by atoms with van der Waals surface area (Å²) in [7, 11) is 0. The standard InChI is InChI=1S/C19H17NO2S2/c1-12-5-6-13(2)15(10-12)19(22)20-11-14-7-8-17(24-14)18(21)16-4-3-9-23-16/h3-10H,11H2,1-2H3,(H,20,22). The molecule has 122 valence electrons. The van der Waals surface area contributed by atoms with Crippen molar-refractivity contribution < 1.29 is 9.59 Å². The van der Waals surface area contributed by atoms with Crippen molar-refractivity contribution in [3.8, 4) is 0 Å². The van der Waals surface area contributed by atoms with Crippen LogP contribution in [0, 0.1) is 13.8 Å². The van der Waals surface area contributed by atoms with Crippen LogP contribution in [0.3, 0.4) is 0 Å². The third-order valence-electron chi connectivity index (χ3n) is 3.69. The van der Waals surface area contributed by atoms with Gasteiger partial charge < -0.3 is 5.32 Å². The summed E-state index contributed by atoms with van der Waals surface area (Å²) in [4.78, 5) is 27.0. The first-order chi connectivity index (χ1) is 11.5. The molecule has 3 aromatic rings. The summed E-state index contributed by atoms with van der Waals surface area (Å²) in [5.41, 5.74) is 2.71. The van der Waals surface area contributed by atoms with Gasteiger partial charge in [0, 0.05) is 10.4 Å². The Kier molecular flexibility index (Phi) is 4.92. The molecule has 5 heteroatoms. The van der Waals surface area contributed by atoms with Crippen LogP contribution in [0.2, 0.25) is 0 Å². The number of nitrogens with one attached hydrogen (secondary N) is 1. The molecular weight excluding hydrogens is 338 g/mol. The van der Waals surface area contributed by atoms with E-state index >= 15 is 0 Å². The quantitative estimate of drug-likeness (QED) is 0.681. The van der Waals surface area contributed by atoms with Crippen LogP contribution in [0.25, 0.3) is 0 Å². The van der Waals surface area contributed by atoms with Crippen LogP contribution in [-0.2, 0) is 6.54 Å². The van der Waals surface area contributed by atoms with E-state index in [1.165, 1.54) is 22.7 Å². The lowest BCUT2D eigenvalue weighted by Crippen LogP contribution is -2.23. The Hall–Kier alpha value is -2.24. The van der Waals surface area contributed by atoms with Crippen molar-refractivity contribution in [2.75, 3.05) is 0 Å². The number of carbonyl (C=O) groups is 2. The van der Waals surface area contributed by atoms with Gasteiger partial charge in [-0.15, -0.1) is 22.7 Å². The predicted octanol–water partition coefficient (Wildman–Crippen LogP) is 4.59. The Labute approximate surface area is 149 Å². The van der Waals surface area contributed by atoms with Gasteiger partial charge in [0.15, 0.2) is 0 Å². The number of carbonyl (C=O) groups excluding carboxylic acids is 2. The third-order valence-corrected chi connectivity index (χ3v) is 5.64. The minimum Gasteiger partial charge on any atom is -0.347 e. The first-order valence-electron chi connectivity index (χ1n) is 7.57. The molecule has 1 N–H and O–H groups in total. The average Bonchev–Trinajstić information content (AvgIpc) is 3.26. The minimum absolute atomic E-state index is 0.0436. The van der Waals surface area contributed by atoms with Crippen LogP contribution in [0.15, 0.2) is 47.8 Å². The zero-order valence-corrected chi connectivity index (χ0v) is 15.1. The van der Waals surface area contributed by atoms with Gasteiger partial charge in [0.05, 0.1) is 16.3 Å². The van der Waals surface area contributed by atoms with Gasteiger partial charge in [-0.2, -0.15) is 0 Å². The second-order valence-corrected chi connectivity index (χ2v) is 7.69.